The number of nitrogens with one attached hydrogen (secondary N) is 4. The fourth-order valence-electron chi connectivity index (χ4n) is 6.54. The van der Waals surface area contributed by atoms with Gasteiger partial charge in [0.05, 0.1) is 37.8 Å². The molecule has 0 saturated carbocycles. The third kappa shape index (κ3) is 12.5. The lowest BCUT2D eigenvalue weighted by Crippen LogP contribution is -2.51. The van der Waals surface area contributed by atoms with E-state index in [0.29, 0.717) is 32.2 Å². The number of cyclic esters (lactones) is 1. The van der Waals surface area contributed by atoms with E-state index in [2.05, 4.69) is 21.3 Å². The predicted molar refractivity (Wildman–Crippen MR) is 191 cm³/mol. The van der Waals surface area contributed by atoms with Gasteiger partial charge in [0.2, 0.25) is 17.7 Å². The molecule has 0 radical (unpaired) electrons. The molecule has 3 saturated heterocycles. The zero-order valence-electron chi connectivity index (χ0n) is 30.4. The van der Waals surface area contributed by atoms with Crippen LogP contribution >= 0.6 is 0 Å². The van der Waals surface area contributed by atoms with E-state index in [1.54, 1.807) is 13.8 Å². The van der Waals surface area contributed by atoms with Crippen molar-refractivity contribution >= 4 is 29.8 Å². The Morgan fingerprint density at radius 1 is 0.906 bits per heavy atom. The molecule has 3 fully saturated rings. The number of carbonyl (C=O) groups excluding carboxylic acids is 5. The molecular formula is C38H51N5O10. The van der Waals surface area contributed by atoms with Crippen molar-refractivity contribution in [1.82, 2.24) is 26.2 Å². The van der Waals surface area contributed by atoms with Gasteiger partial charge in [0, 0.05) is 19.6 Å². The Kier molecular flexibility index (Phi) is 14.6. The van der Waals surface area contributed by atoms with Crippen LogP contribution in [0.1, 0.15) is 57.1 Å². The lowest BCUT2D eigenvalue weighted by Gasteiger charge is -2.26. The normalized spacial score (nSPS) is 25.5. The zero-order valence-corrected chi connectivity index (χ0v) is 30.4. The van der Waals surface area contributed by atoms with Crippen molar-refractivity contribution in [3.05, 3.63) is 71.8 Å². The number of fused-ring (bicyclic) bond motifs is 5. The summed E-state index contributed by atoms with van der Waals surface area (Å²) >= 11 is 0. The van der Waals surface area contributed by atoms with Crippen LogP contribution < -0.4 is 21.3 Å². The van der Waals surface area contributed by atoms with E-state index in [4.69, 9.17) is 23.7 Å². The smallest absolute Gasteiger partial charge is 0.407 e. The van der Waals surface area contributed by atoms with Crippen LogP contribution in [0, 0.1) is 0 Å². The number of esters is 1. The minimum Gasteiger partial charge on any atom is -0.462 e. The number of hydrogen-bond acceptors (Lipinski definition) is 11. The van der Waals surface area contributed by atoms with E-state index in [1.165, 1.54) is 4.90 Å². The average molecular weight is 738 g/mol. The predicted octanol–water partition coefficient (Wildman–Crippen LogP) is 1.93. The van der Waals surface area contributed by atoms with Crippen molar-refractivity contribution in [3.63, 3.8) is 0 Å². The molecule has 0 spiro atoms. The maximum atomic E-state index is 13.6. The fraction of sp³-hybridized carbons (Fsp3) is 0.553. The molecule has 2 aromatic rings. The highest BCUT2D eigenvalue weighted by Gasteiger charge is 2.55. The quantitative estimate of drug-likeness (QED) is 0.207. The zero-order chi connectivity index (χ0) is 37.6. The Bertz CT molecular complexity index is 1530. The SMILES string of the molecule is CC1(C)O[C@@H]2[C@H](O1)[C@H]1CNC(CCCCCNC(=O)OCc3ccccc3)C(=O)NCC(=O)N(Cc3ccccc3)CC(=O)OCCNC(=O)C[C@@H]2O1. The Hall–Kier alpha value is -4.57. The summed E-state index contributed by atoms with van der Waals surface area (Å²) in [5.74, 6) is -2.69. The summed E-state index contributed by atoms with van der Waals surface area (Å²) in [6.07, 6.45) is -0.158. The molecule has 3 aliphatic heterocycles. The van der Waals surface area contributed by atoms with Crippen LogP contribution in [-0.2, 0) is 56.0 Å². The van der Waals surface area contributed by atoms with Crippen LogP contribution in [0.4, 0.5) is 4.79 Å². The lowest BCUT2D eigenvalue weighted by atomic mass is 10.0. The first kappa shape index (κ1) is 39.6. The van der Waals surface area contributed by atoms with Crippen LogP contribution in [0.25, 0.3) is 0 Å². The largest absolute Gasteiger partial charge is 0.462 e. The molecule has 1 unspecified atom stereocenters. The number of carbonyl (C=O) groups is 5. The topological polar surface area (TPSA) is 183 Å². The van der Waals surface area contributed by atoms with Gasteiger partial charge in [0.1, 0.15) is 32.0 Å². The van der Waals surface area contributed by atoms with E-state index in [1.807, 2.05) is 60.7 Å². The Balaban J connectivity index is 1.21. The molecule has 2 aromatic carbocycles. The molecule has 3 heterocycles. The maximum Gasteiger partial charge on any atom is 0.407 e. The van der Waals surface area contributed by atoms with Gasteiger partial charge < -0.3 is 49.9 Å². The number of alkyl carbamates (subject to hydrolysis) is 1. The van der Waals surface area contributed by atoms with Crippen LogP contribution in [0.15, 0.2) is 60.7 Å². The van der Waals surface area contributed by atoms with Gasteiger partial charge in [-0.25, -0.2) is 4.79 Å². The van der Waals surface area contributed by atoms with Crippen LogP contribution in [-0.4, -0.2) is 110 Å². The highest BCUT2D eigenvalue weighted by Crippen LogP contribution is 2.39. The molecule has 5 atom stereocenters. The molecule has 4 N–H and O–H groups in total. The van der Waals surface area contributed by atoms with Crippen molar-refractivity contribution < 1.29 is 47.7 Å². The van der Waals surface area contributed by atoms with E-state index >= 15 is 0 Å². The summed E-state index contributed by atoms with van der Waals surface area (Å²) in [4.78, 5) is 66.2. The molecule has 53 heavy (non-hydrogen) atoms. The van der Waals surface area contributed by atoms with Crippen molar-refractivity contribution in [2.75, 3.05) is 39.3 Å². The van der Waals surface area contributed by atoms with Crippen molar-refractivity contribution in [1.29, 1.82) is 0 Å². The standard InChI is InChI=1S/C38H51N5O10/c1-38(2)52-34-29-20-31(44)39-18-19-49-33(46)24-43(23-26-12-6-3-7-13-26)32(45)22-42-36(47)28(41-21-30(51-29)35(34)53-38)16-10-5-11-17-40-37(48)50-25-27-14-8-4-9-15-27/h3-4,6-9,12-15,28-30,34-35,41H,5,10-11,16-25H2,1-2H3,(H,39,44)(H,40,48)(H,42,47)/t28?,29-,30+,34-,35+/m0/s1. The Morgan fingerprint density at radius 2 is 1.60 bits per heavy atom. The highest BCUT2D eigenvalue weighted by molar-refractivity contribution is 5.89. The van der Waals surface area contributed by atoms with Crippen molar-refractivity contribution in [2.45, 2.75) is 95.3 Å². The Morgan fingerprint density at radius 3 is 2.34 bits per heavy atom. The second-order valence-corrected chi connectivity index (χ2v) is 13.8. The first-order valence-electron chi connectivity index (χ1n) is 18.3. The first-order chi connectivity index (χ1) is 25.6. The van der Waals surface area contributed by atoms with Gasteiger partial charge >= 0.3 is 12.1 Å². The molecule has 5 rings (SSSR count). The number of ether oxygens (including phenoxy) is 5. The second kappa shape index (κ2) is 19.5. The second-order valence-electron chi connectivity index (χ2n) is 13.8. The van der Waals surface area contributed by atoms with Crippen LogP contribution in [0.3, 0.4) is 0 Å². The number of unbranched alkanes of at least 4 members (excludes halogenated alkanes) is 2. The molecule has 15 nitrogen and oxygen atoms in total. The third-order valence-corrected chi connectivity index (χ3v) is 9.16. The monoisotopic (exact) mass is 737 g/mol. The Labute approximate surface area is 309 Å². The van der Waals surface area contributed by atoms with Gasteiger partial charge in [0.15, 0.2) is 5.79 Å². The minimum atomic E-state index is -0.889. The van der Waals surface area contributed by atoms with Gasteiger partial charge in [-0.1, -0.05) is 73.5 Å². The lowest BCUT2D eigenvalue weighted by molar-refractivity contribution is -0.187. The van der Waals surface area contributed by atoms with Crippen LogP contribution in [0.2, 0.25) is 0 Å². The van der Waals surface area contributed by atoms with E-state index < -0.39 is 60.1 Å². The molecule has 0 aliphatic carbocycles. The summed E-state index contributed by atoms with van der Waals surface area (Å²) in [6, 6.07) is 17.9. The van der Waals surface area contributed by atoms with Crippen LogP contribution in [0.5, 0.6) is 0 Å². The highest BCUT2D eigenvalue weighted by atomic mass is 16.8. The van der Waals surface area contributed by atoms with Gasteiger partial charge in [-0.05, 0) is 37.8 Å². The molecule has 15 heteroatoms. The van der Waals surface area contributed by atoms with E-state index in [0.717, 1.165) is 11.1 Å². The summed E-state index contributed by atoms with van der Waals surface area (Å²) < 4.78 is 29.2. The fourth-order valence-corrected chi connectivity index (χ4v) is 6.54. The number of nitrogens with zero attached hydrogens (tertiary/aromatic N) is 1. The summed E-state index contributed by atoms with van der Waals surface area (Å²) in [7, 11) is 0. The molecule has 2 bridgehead atoms. The summed E-state index contributed by atoms with van der Waals surface area (Å²) in [5, 5.41) is 11.6. The number of amides is 4. The molecule has 0 aromatic heterocycles. The average Bonchev–Trinajstić information content (AvgIpc) is 3.63. The van der Waals surface area contributed by atoms with Gasteiger partial charge in [-0.2, -0.15) is 0 Å². The van der Waals surface area contributed by atoms with Gasteiger partial charge in [-0.15, -0.1) is 0 Å². The minimum absolute atomic E-state index is 0.00214. The van der Waals surface area contributed by atoms with E-state index in [-0.39, 0.29) is 58.3 Å². The van der Waals surface area contributed by atoms with Gasteiger partial charge in [0.25, 0.3) is 0 Å². The van der Waals surface area contributed by atoms with E-state index in [9.17, 15) is 24.0 Å². The molecule has 3 aliphatic rings. The summed E-state index contributed by atoms with van der Waals surface area (Å²) in [5.41, 5.74) is 1.70. The number of benzene rings is 2. The molecule has 4 amide bonds. The summed E-state index contributed by atoms with van der Waals surface area (Å²) in [6.45, 7) is 3.89. The molecule has 288 valence electrons. The number of hydrogen-bond donors (Lipinski definition) is 4. The maximum absolute atomic E-state index is 13.6. The van der Waals surface area contributed by atoms with Crippen molar-refractivity contribution in [3.8, 4) is 0 Å². The molecular weight excluding hydrogens is 686 g/mol. The van der Waals surface area contributed by atoms with Gasteiger partial charge in [-0.3, -0.25) is 19.2 Å². The first-order valence-corrected chi connectivity index (χ1v) is 18.3. The third-order valence-electron chi connectivity index (χ3n) is 9.16. The van der Waals surface area contributed by atoms with Crippen molar-refractivity contribution in [2.24, 2.45) is 0 Å². The number of rotatable bonds is 10.